The van der Waals surface area contributed by atoms with Gasteiger partial charge in [-0.05, 0) is 31.7 Å². The molecule has 2 rings (SSSR count). The molecule has 0 aliphatic heterocycles. The van der Waals surface area contributed by atoms with E-state index in [2.05, 4.69) is 70.9 Å². The Labute approximate surface area is 198 Å². The average molecular weight is 454 g/mol. The van der Waals surface area contributed by atoms with E-state index in [1.807, 2.05) is 24.3 Å². The molecular weight excluding hydrogens is 414 g/mol. The molecule has 33 heavy (non-hydrogen) atoms. The molecule has 0 radical (unpaired) electrons. The predicted molar refractivity (Wildman–Crippen MR) is 139 cm³/mol. The summed E-state index contributed by atoms with van der Waals surface area (Å²) in [4.78, 5) is 6.92. The maximum Gasteiger partial charge on any atom is 0.217 e. The van der Waals surface area contributed by atoms with Gasteiger partial charge in [-0.1, -0.05) is 50.6 Å². The van der Waals surface area contributed by atoms with Crippen molar-refractivity contribution < 1.29 is 4.74 Å². The van der Waals surface area contributed by atoms with Crippen LogP contribution in [0.1, 0.15) is 51.2 Å². The van der Waals surface area contributed by atoms with E-state index >= 15 is 0 Å². The Balaban J connectivity index is 2.09. The minimum atomic E-state index is 0.312. The number of ether oxygens (including phenoxy) is 1. The van der Waals surface area contributed by atoms with Crippen molar-refractivity contribution in [3.63, 3.8) is 0 Å². The van der Waals surface area contributed by atoms with Crippen LogP contribution in [0.2, 0.25) is 0 Å². The van der Waals surface area contributed by atoms with E-state index in [1.165, 1.54) is 5.56 Å². The first kappa shape index (κ1) is 26.0. The summed E-state index contributed by atoms with van der Waals surface area (Å²) in [5, 5.41) is 18.2. The third-order valence-electron chi connectivity index (χ3n) is 4.78. The maximum atomic E-state index is 7.83. The largest absolute Gasteiger partial charge is 0.476 e. The molecule has 1 aromatic heterocycles. The topological polar surface area (TPSA) is 97.7 Å². The number of benzene rings is 1. The maximum absolute atomic E-state index is 7.83. The van der Waals surface area contributed by atoms with E-state index in [4.69, 9.17) is 10.1 Å². The van der Waals surface area contributed by atoms with Gasteiger partial charge in [0.05, 0.1) is 12.8 Å². The van der Waals surface area contributed by atoms with Gasteiger partial charge in [0.2, 0.25) is 5.88 Å². The van der Waals surface area contributed by atoms with Gasteiger partial charge in [0.15, 0.2) is 11.8 Å². The third kappa shape index (κ3) is 9.80. The fourth-order valence-electron chi connectivity index (χ4n) is 3.28. The van der Waals surface area contributed by atoms with Crippen LogP contribution in [0.25, 0.3) is 0 Å². The third-order valence-corrected chi connectivity index (χ3v) is 4.78. The van der Waals surface area contributed by atoms with Crippen LogP contribution in [-0.4, -0.2) is 49.9 Å². The lowest BCUT2D eigenvalue weighted by Gasteiger charge is -2.24. The first-order valence-corrected chi connectivity index (χ1v) is 11.9. The van der Waals surface area contributed by atoms with Crippen LogP contribution in [0.15, 0.2) is 41.5 Å². The van der Waals surface area contributed by atoms with Crippen LogP contribution in [-0.2, 0) is 0 Å². The molecule has 0 unspecified atom stereocenters. The fourth-order valence-corrected chi connectivity index (χ4v) is 3.28. The van der Waals surface area contributed by atoms with Crippen molar-refractivity contribution in [2.45, 2.75) is 47.0 Å². The second-order valence-corrected chi connectivity index (χ2v) is 7.90. The summed E-state index contributed by atoms with van der Waals surface area (Å²) >= 11 is 0. The molecule has 180 valence electrons. The van der Waals surface area contributed by atoms with Crippen molar-refractivity contribution in [3.05, 3.63) is 47.5 Å². The summed E-state index contributed by atoms with van der Waals surface area (Å²) in [6.45, 7) is 12.1. The molecule has 1 aromatic carbocycles. The van der Waals surface area contributed by atoms with Crippen molar-refractivity contribution in [1.82, 2.24) is 15.6 Å². The number of anilines is 2. The molecule has 0 atom stereocenters. The molecule has 0 aliphatic carbocycles. The molecule has 8 heteroatoms. The molecule has 1 heterocycles. The molecule has 0 saturated heterocycles. The average Bonchev–Trinajstić information content (AvgIpc) is 2.80. The first-order chi connectivity index (χ1) is 16.0. The molecular formula is C25H39N7O. The molecule has 0 saturated carbocycles. The van der Waals surface area contributed by atoms with Gasteiger partial charge in [-0.3, -0.25) is 10.8 Å². The zero-order valence-corrected chi connectivity index (χ0v) is 20.4. The van der Waals surface area contributed by atoms with Crippen molar-refractivity contribution in [3.8, 4) is 5.88 Å². The molecule has 4 N–H and O–H groups in total. The Morgan fingerprint density at radius 3 is 2.52 bits per heavy atom. The highest BCUT2D eigenvalue weighted by molar-refractivity contribution is 5.80. The summed E-state index contributed by atoms with van der Waals surface area (Å²) < 4.78 is 5.91. The Morgan fingerprint density at radius 2 is 1.82 bits per heavy atom. The lowest BCUT2D eigenvalue weighted by Crippen LogP contribution is -2.38. The highest BCUT2D eigenvalue weighted by Gasteiger charge is 2.10. The molecule has 0 aliphatic rings. The summed E-state index contributed by atoms with van der Waals surface area (Å²) in [6.07, 6.45) is 4.88. The monoisotopic (exact) mass is 453 g/mol. The van der Waals surface area contributed by atoms with Gasteiger partial charge in [0.1, 0.15) is 6.61 Å². The zero-order valence-electron chi connectivity index (χ0n) is 20.4. The number of nitrogens with one attached hydrogen (secondary N) is 4. The summed E-state index contributed by atoms with van der Waals surface area (Å²) in [6, 6.07) is 12.1. The van der Waals surface area contributed by atoms with E-state index in [0.717, 1.165) is 50.1 Å². The number of hydrogen-bond acceptors (Lipinski definition) is 6. The minimum absolute atomic E-state index is 0.312. The zero-order chi connectivity index (χ0) is 23.9. The first-order valence-electron chi connectivity index (χ1n) is 11.9. The van der Waals surface area contributed by atoms with E-state index in [0.29, 0.717) is 30.8 Å². The van der Waals surface area contributed by atoms with Crippen molar-refractivity contribution in [2.24, 2.45) is 5.10 Å². The van der Waals surface area contributed by atoms with Crippen molar-refractivity contribution in [1.29, 1.82) is 5.41 Å². The summed E-state index contributed by atoms with van der Waals surface area (Å²) in [7, 11) is 0. The second kappa shape index (κ2) is 14.7. The number of aryl methyl sites for hydroxylation is 1. The van der Waals surface area contributed by atoms with Crippen LogP contribution in [0, 0.1) is 12.3 Å². The number of pyridine rings is 1. The molecule has 0 bridgehead atoms. The summed E-state index contributed by atoms with van der Waals surface area (Å²) in [5.41, 5.74) is 6.33. The van der Waals surface area contributed by atoms with E-state index in [9.17, 15) is 0 Å². The number of hydrogen-bond donors (Lipinski definition) is 4. The second-order valence-electron chi connectivity index (χ2n) is 7.90. The molecule has 2 aromatic rings. The Bertz CT molecular complexity index is 879. The van der Waals surface area contributed by atoms with Gasteiger partial charge >= 0.3 is 0 Å². The van der Waals surface area contributed by atoms with E-state index in [1.54, 1.807) is 6.21 Å². The van der Waals surface area contributed by atoms with Gasteiger partial charge in [0, 0.05) is 37.5 Å². The predicted octanol–water partition coefficient (Wildman–Crippen LogP) is 4.37. The molecule has 0 spiro atoms. The molecule has 8 nitrogen and oxygen atoms in total. The lowest BCUT2D eigenvalue weighted by atomic mass is 10.2. The van der Waals surface area contributed by atoms with Gasteiger partial charge in [0.25, 0.3) is 0 Å². The quantitative estimate of drug-likeness (QED) is 0.147. The van der Waals surface area contributed by atoms with Crippen molar-refractivity contribution in [2.75, 3.05) is 43.1 Å². The minimum Gasteiger partial charge on any atom is -0.476 e. The van der Waals surface area contributed by atoms with E-state index < -0.39 is 0 Å². The highest BCUT2D eigenvalue weighted by Crippen LogP contribution is 2.24. The Kier molecular flexibility index (Phi) is 11.6. The number of hydrazone groups is 1. The molecule has 0 amide bonds. The molecule has 0 fully saturated rings. The van der Waals surface area contributed by atoms with Gasteiger partial charge in [-0.15, -0.1) is 0 Å². The van der Waals surface area contributed by atoms with Gasteiger partial charge < -0.3 is 20.3 Å². The Hall–Kier alpha value is -3.29. The summed E-state index contributed by atoms with van der Waals surface area (Å²) in [5.74, 6) is 1.48. The van der Waals surface area contributed by atoms with Gasteiger partial charge in [-0.2, -0.15) is 10.1 Å². The smallest absolute Gasteiger partial charge is 0.217 e. The number of nitrogens with zero attached hydrogens (tertiary/aromatic N) is 3. The number of rotatable bonds is 14. The van der Waals surface area contributed by atoms with Gasteiger partial charge in [-0.25, -0.2) is 0 Å². The van der Waals surface area contributed by atoms with Crippen LogP contribution < -0.4 is 25.7 Å². The van der Waals surface area contributed by atoms with Crippen LogP contribution in [0.4, 0.5) is 11.5 Å². The highest BCUT2D eigenvalue weighted by atomic mass is 16.5. The van der Waals surface area contributed by atoms with Crippen LogP contribution >= 0.6 is 0 Å². The SMILES string of the molecule is CCCNC(=N)NCCOc1cc(N(CCC)CCC)cc(N/N=C/c2cccc(C)c2)n1. The normalized spacial score (nSPS) is 10.8. The van der Waals surface area contributed by atoms with Crippen LogP contribution in [0.5, 0.6) is 5.88 Å². The standard InChI is InChI=1S/C25H39N7O/c1-5-11-27-25(26)28-12-15-33-24-18-22(32(13-6-2)14-7-3)17-23(30-24)31-29-19-21-10-8-9-20(4)16-21/h8-10,16-19H,5-7,11-15H2,1-4H3,(H,30,31)(H3,26,27,28)/b29-19+. The fraction of sp³-hybridized carbons (Fsp3) is 0.480. The Morgan fingerprint density at radius 1 is 1.06 bits per heavy atom. The van der Waals surface area contributed by atoms with Crippen molar-refractivity contribution >= 4 is 23.7 Å². The lowest BCUT2D eigenvalue weighted by molar-refractivity contribution is 0.310. The number of aromatic nitrogens is 1. The van der Waals surface area contributed by atoms with E-state index in [-0.39, 0.29) is 0 Å². The van der Waals surface area contributed by atoms with Crippen LogP contribution in [0.3, 0.4) is 0 Å². The number of guanidine groups is 1.